The van der Waals surface area contributed by atoms with Crippen LogP contribution in [0.15, 0.2) is 39.8 Å². The molecule has 1 aliphatic heterocycles. The normalized spacial score (nSPS) is 13.3. The smallest absolute Gasteiger partial charge is 0.274 e. The van der Waals surface area contributed by atoms with Gasteiger partial charge in [-0.1, -0.05) is 6.07 Å². The molecule has 0 spiro atoms. The molecule has 0 saturated carbocycles. The van der Waals surface area contributed by atoms with E-state index in [0.29, 0.717) is 23.0 Å². The van der Waals surface area contributed by atoms with E-state index in [4.69, 9.17) is 13.9 Å². The summed E-state index contributed by atoms with van der Waals surface area (Å²) in [5.74, 6) is 1.65. The third-order valence-corrected chi connectivity index (χ3v) is 5.51. The van der Waals surface area contributed by atoms with E-state index < -0.39 is 10.0 Å². The van der Waals surface area contributed by atoms with E-state index in [9.17, 15) is 8.42 Å². The van der Waals surface area contributed by atoms with Gasteiger partial charge >= 0.3 is 0 Å². The number of benzene rings is 1. The van der Waals surface area contributed by atoms with Crippen LogP contribution in [0, 0.1) is 13.8 Å². The van der Waals surface area contributed by atoms with Crippen LogP contribution in [-0.2, 0) is 16.6 Å². The van der Waals surface area contributed by atoms with Crippen molar-refractivity contribution in [1.82, 2.24) is 14.9 Å². The van der Waals surface area contributed by atoms with Gasteiger partial charge in [-0.15, -0.1) is 0 Å². The summed E-state index contributed by atoms with van der Waals surface area (Å²) in [6.45, 7) is 4.06. The Morgan fingerprint density at radius 3 is 2.73 bits per heavy atom. The summed E-state index contributed by atoms with van der Waals surface area (Å²) < 4.78 is 43.5. The number of hydrogen-bond donors (Lipinski definition) is 2. The van der Waals surface area contributed by atoms with Gasteiger partial charge in [0, 0.05) is 17.8 Å². The zero-order valence-corrected chi connectivity index (χ0v) is 15.0. The fraction of sp³-hybridized carbons (Fsp3) is 0.235. The highest BCUT2D eigenvalue weighted by Gasteiger charge is 2.21. The molecular formula is C17H17N3O5S. The lowest BCUT2D eigenvalue weighted by atomic mass is 10.2. The number of aromatic amines is 1. The number of nitrogens with one attached hydrogen (secondary N) is 2. The van der Waals surface area contributed by atoms with E-state index in [0.717, 1.165) is 16.8 Å². The minimum Gasteiger partial charge on any atom is -0.454 e. The maximum Gasteiger partial charge on any atom is 0.274 e. The van der Waals surface area contributed by atoms with E-state index in [-0.39, 0.29) is 18.4 Å². The van der Waals surface area contributed by atoms with Crippen molar-refractivity contribution in [3.63, 3.8) is 0 Å². The monoisotopic (exact) mass is 375 g/mol. The lowest BCUT2D eigenvalue weighted by molar-refractivity contribution is 0.174. The lowest BCUT2D eigenvalue weighted by Gasteiger charge is -2.05. The number of aromatic nitrogens is 2. The Bertz CT molecular complexity index is 1070. The summed E-state index contributed by atoms with van der Waals surface area (Å²) in [6, 6.07) is 8.28. The first kappa shape index (κ1) is 16.7. The standard InChI is InChI=1S/C17H17N3O5S/c1-10-11(2)19-20-17(10)14-5-6-16(25-14)26(21,22)18-8-12-3-4-13-15(7-12)24-9-23-13/h3-7,18H,8-9H2,1-2H3,(H,19,20). The molecule has 0 saturated heterocycles. The highest BCUT2D eigenvalue weighted by atomic mass is 32.2. The predicted molar refractivity (Wildman–Crippen MR) is 92.4 cm³/mol. The molecule has 3 heterocycles. The largest absolute Gasteiger partial charge is 0.454 e. The van der Waals surface area contributed by atoms with Gasteiger partial charge in [-0.2, -0.15) is 5.10 Å². The van der Waals surface area contributed by atoms with Gasteiger partial charge in [-0.05, 0) is 43.7 Å². The average Bonchev–Trinajstić information content (AvgIpc) is 3.34. The van der Waals surface area contributed by atoms with Gasteiger partial charge in [0.2, 0.25) is 11.9 Å². The topological polar surface area (TPSA) is 106 Å². The summed E-state index contributed by atoms with van der Waals surface area (Å²) in [6.07, 6.45) is 0. The molecule has 2 aromatic heterocycles. The van der Waals surface area contributed by atoms with E-state index in [1.807, 2.05) is 13.8 Å². The molecule has 9 heteroatoms. The van der Waals surface area contributed by atoms with Crippen molar-refractivity contribution in [2.45, 2.75) is 25.5 Å². The molecule has 0 unspecified atom stereocenters. The van der Waals surface area contributed by atoms with Gasteiger partial charge in [-0.3, -0.25) is 5.10 Å². The zero-order chi connectivity index (χ0) is 18.3. The molecule has 1 aromatic carbocycles. The second-order valence-corrected chi connectivity index (χ2v) is 7.65. The van der Waals surface area contributed by atoms with Gasteiger partial charge in [0.15, 0.2) is 17.3 Å². The van der Waals surface area contributed by atoms with Crippen LogP contribution in [0.4, 0.5) is 0 Å². The first-order chi connectivity index (χ1) is 12.4. The Balaban J connectivity index is 1.51. The molecule has 8 nitrogen and oxygen atoms in total. The average molecular weight is 375 g/mol. The van der Waals surface area contributed by atoms with Crippen LogP contribution >= 0.6 is 0 Å². The summed E-state index contributed by atoms with van der Waals surface area (Å²) in [7, 11) is -3.79. The molecule has 0 fully saturated rings. The van der Waals surface area contributed by atoms with Gasteiger partial charge in [0.1, 0.15) is 5.69 Å². The highest BCUT2D eigenvalue weighted by molar-refractivity contribution is 7.89. The first-order valence-corrected chi connectivity index (χ1v) is 9.42. The molecule has 1 aliphatic rings. The Morgan fingerprint density at radius 1 is 1.15 bits per heavy atom. The number of sulfonamides is 1. The van der Waals surface area contributed by atoms with Gasteiger partial charge in [0.25, 0.3) is 10.0 Å². The maximum atomic E-state index is 12.5. The summed E-state index contributed by atoms with van der Waals surface area (Å²) >= 11 is 0. The van der Waals surface area contributed by atoms with Gasteiger partial charge < -0.3 is 13.9 Å². The first-order valence-electron chi connectivity index (χ1n) is 7.94. The molecule has 2 N–H and O–H groups in total. The van der Waals surface area contributed by atoms with E-state index in [1.165, 1.54) is 6.07 Å². The number of furan rings is 1. The SMILES string of the molecule is Cc1[nH]nc(-c2ccc(S(=O)(=O)NCc3ccc4c(c3)OCO4)o2)c1C. The Morgan fingerprint density at radius 2 is 1.96 bits per heavy atom. The van der Waals surface area contributed by atoms with Crippen molar-refractivity contribution in [2.75, 3.05) is 6.79 Å². The number of fused-ring (bicyclic) bond motifs is 1. The summed E-state index contributed by atoms with van der Waals surface area (Å²) in [5.41, 5.74) is 3.17. The number of nitrogens with zero attached hydrogens (tertiary/aromatic N) is 1. The van der Waals surface area contributed by atoms with Crippen molar-refractivity contribution in [2.24, 2.45) is 0 Å². The van der Waals surface area contributed by atoms with Crippen molar-refractivity contribution in [3.05, 3.63) is 47.2 Å². The molecule has 3 aromatic rings. The van der Waals surface area contributed by atoms with Crippen LogP contribution in [0.3, 0.4) is 0 Å². The van der Waals surface area contributed by atoms with E-state index in [2.05, 4.69) is 14.9 Å². The summed E-state index contributed by atoms with van der Waals surface area (Å²) in [4.78, 5) is 0. The number of H-pyrrole nitrogens is 1. The summed E-state index contributed by atoms with van der Waals surface area (Å²) in [5, 5.41) is 6.84. The molecule has 4 rings (SSSR count). The predicted octanol–water partition coefficient (Wildman–Crippen LogP) is 2.49. The quantitative estimate of drug-likeness (QED) is 0.710. The minimum absolute atomic E-state index is 0.107. The van der Waals surface area contributed by atoms with Gasteiger partial charge in [0.05, 0.1) is 0 Å². The fourth-order valence-electron chi connectivity index (χ4n) is 2.62. The van der Waals surface area contributed by atoms with Crippen molar-refractivity contribution < 1.29 is 22.3 Å². The van der Waals surface area contributed by atoms with Crippen LogP contribution in [0.2, 0.25) is 0 Å². The number of hydrogen-bond acceptors (Lipinski definition) is 6. The number of rotatable bonds is 5. The van der Waals surface area contributed by atoms with E-state index >= 15 is 0 Å². The van der Waals surface area contributed by atoms with Crippen LogP contribution < -0.4 is 14.2 Å². The molecule has 136 valence electrons. The number of aryl methyl sites for hydroxylation is 1. The molecule has 0 bridgehead atoms. The Kier molecular flexibility index (Phi) is 3.97. The second kappa shape index (κ2) is 6.19. The van der Waals surface area contributed by atoms with Gasteiger partial charge in [-0.25, -0.2) is 13.1 Å². The number of ether oxygens (including phenoxy) is 2. The third-order valence-electron chi connectivity index (χ3n) is 4.24. The van der Waals surface area contributed by atoms with Crippen LogP contribution in [0.1, 0.15) is 16.8 Å². The Labute approximate surface area is 150 Å². The molecule has 26 heavy (non-hydrogen) atoms. The lowest BCUT2D eigenvalue weighted by Crippen LogP contribution is -2.22. The van der Waals surface area contributed by atoms with E-state index in [1.54, 1.807) is 24.3 Å². The molecule has 0 radical (unpaired) electrons. The minimum atomic E-state index is -3.79. The van der Waals surface area contributed by atoms with Crippen molar-refractivity contribution in [3.8, 4) is 23.0 Å². The van der Waals surface area contributed by atoms with Crippen LogP contribution in [0.5, 0.6) is 11.5 Å². The third kappa shape index (κ3) is 2.95. The molecule has 0 amide bonds. The molecule has 0 aliphatic carbocycles. The fourth-order valence-corrected chi connectivity index (χ4v) is 3.56. The van der Waals surface area contributed by atoms with Crippen molar-refractivity contribution in [1.29, 1.82) is 0 Å². The Hall–Kier alpha value is -2.78. The molecular weight excluding hydrogens is 358 g/mol. The van der Waals surface area contributed by atoms with Crippen LogP contribution in [-0.4, -0.2) is 25.4 Å². The zero-order valence-electron chi connectivity index (χ0n) is 14.2. The highest BCUT2D eigenvalue weighted by Crippen LogP contribution is 2.32. The van der Waals surface area contributed by atoms with Crippen molar-refractivity contribution >= 4 is 10.0 Å². The maximum absolute atomic E-state index is 12.5. The van der Waals surface area contributed by atoms with Crippen LogP contribution in [0.25, 0.3) is 11.5 Å². The molecule has 0 atom stereocenters. The second-order valence-electron chi connectivity index (χ2n) is 5.95.